The minimum absolute atomic E-state index is 0.134. The maximum absolute atomic E-state index is 11.5. The van der Waals surface area contributed by atoms with Crippen molar-refractivity contribution in [1.29, 1.82) is 0 Å². The van der Waals surface area contributed by atoms with E-state index in [1.54, 1.807) is 19.2 Å². The lowest BCUT2D eigenvalue weighted by atomic mass is 10.3. The van der Waals surface area contributed by atoms with Gasteiger partial charge in [0, 0.05) is 18.1 Å². The molecule has 94 valence electrons. The predicted octanol–water partition coefficient (Wildman–Crippen LogP) is 2.28. The van der Waals surface area contributed by atoms with E-state index < -0.39 is 0 Å². The number of nitrogens with one attached hydrogen (secondary N) is 2. The summed E-state index contributed by atoms with van der Waals surface area (Å²) in [7, 11) is 1.61. The molecule has 0 aromatic heterocycles. The Morgan fingerprint density at radius 2 is 2.29 bits per heavy atom. The summed E-state index contributed by atoms with van der Waals surface area (Å²) in [5.74, 6) is -0.134. The van der Waals surface area contributed by atoms with Crippen molar-refractivity contribution in [3.63, 3.8) is 0 Å². The molecule has 0 fully saturated rings. The van der Waals surface area contributed by atoms with Crippen LogP contribution in [-0.2, 0) is 9.53 Å². The molecule has 6 heteroatoms. The van der Waals surface area contributed by atoms with Gasteiger partial charge in [-0.1, -0.05) is 27.5 Å². The Kier molecular flexibility index (Phi) is 6.50. The lowest BCUT2D eigenvalue weighted by Crippen LogP contribution is -2.30. The lowest BCUT2D eigenvalue weighted by molar-refractivity contribution is -0.115. The van der Waals surface area contributed by atoms with Crippen LogP contribution in [0, 0.1) is 0 Å². The van der Waals surface area contributed by atoms with Crippen LogP contribution in [0.2, 0.25) is 5.02 Å². The monoisotopic (exact) mass is 320 g/mol. The normalized spacial score (nSPS) is 10.3. The zero-order valence-electron chi connectivity index (χ0n) is 9.43. The SMILES string of the molecule is COCCNCC(=O)Nc1ccc(Br)cc1Cl. The van der Waals surface area contributed by atoms with Gasteiger partial charge in [-0.25, -0.2) is 0 Å². The molecule has 0 bridgehead atoms. The zero-order chi connectivity index (χ0) is 12.7. The maximum Gasteiger partial charge on any atom is 0.238 e. The third kappa shape index (κ3) is 5.50. The average molecular weight is 322 g/mol. The van der Waals surface area contributed by atoms with Crippen LogP contribution >= 0.6 is 27.5 Å². The van der Waals surface area contributed by atoms with Crippen LogP contribution in [0.3, 0.4) is 0 Å². The van der Waals surface area contributed by atoms with Crippen molar-refractivity contribution in [3.05, 3.63) is 27.7 Å². The fourth-order valence-electron chi connectivity index (χ4n) is 1.16. The molecule has 0 heterocycles. The van der Waals surface area contributed by atoms with Gasteiger partial charge >= 0.3 is 0 Å². The molecule has 1 aromatic rings. The fourth-order valence-corrected chi connectivity index (χ4v) is 1.88. The number of hydrogen-bond donors (Lipinski definition) is 2. The van der Waals surface area contributed by atoms with Gasteiger partial charge in [0.25, 0.3) is 0 Å². The quantitative estimate of drug-likeness (QED) is 0.790. The Morgan fingerprint density at radius 1 is 1.53 bits per heavy atom. The van der Waals surface area contributed by atoms with E-state index in [1.165, 1.54) is 0 Å². The Bertz CT molecular complexity index is 388. The van der Waals surface area contributed by atoms with Crippen molar-refractivity contribution in [2.75, 3.05) is 32.1 Å². The summed E-state index contributed by atoms with van der Waals surface area (Å²) in [6, 6.07) is 5.30. The van der Waals surface area contributed by atoms with Crippen LogP contribution in [0.1, 0.15) is 0 Å². The summed E-state index contributed by atoms with van der Waals surface area (Å²) in [6.45, 7) is 1.44. The molecule has 0 saturated heterocycles. The number of carbonyl (C=O) groups excluding carboxylic acids is 1. The van der Waals surface area contributed by atoms with E-state index in [1.807, 2.05) is 6.07 Å². The molecule has 0 unspecified atom stereocenters. The van der Waals surface area contributed by atoms with Gasteiger partial charge in [-0.15, -0.1) is 0 Å². The number of carbonyl (C=O) groups is 1. The van der Waals surface area contributed by atoms with Crippen molar-refractivity contribution >= 4 is 39.1 Å². The molecule has 0 aliphatic rings. The van der Waals surface area contributed by atoms with E-state index in [2.05, 4.69) is 26.6 Å². The molecule has 0 aliphatic carbocycles. The molecule has 0 radical (unpaired) electrons. The molecule has 0 atom stereocenters. The van der Waals surface area contributed by atoms with Crippen LogP contribution in [0.15, 0.2) is 22.7 Å². The summed E-state index contributed by atoms with van der Waals surface area (Å²) in [4.78, 5) is 11.5. The smallest absolute Gasteiger partial charge is 0.238 e. The summed E-state index contributed by atoms with van der Waals surface area (Å²) in [5.41, 5.74) is 0.605. The second kappa shape index (κ2) is 7.66. The van der Waals surface area contributed by atoms with Crippen LogP contribution in [0.25, 0.3) is 0 Å². The number of ether oxygens (including phenoxy) is 1. The van der Waals surface area contributed by atoms with E-state index in [4.69, 9.17) is 16.3 Å². The van der Waals surface area contributed by atoms with Crippen molar-refractivity contribution in [2.45, 2.75) is 0 Å². The van der Waals surface area contributed by atoms with Gasteiger partial charge in [0.15, 0.2) is 0 Å². The first-order chi connectivity index (χ1) is 8.13. The van der Waals surface area contributed by atoms with Crippen molar-refractivity contribution in [1.82, 2.24) is 5.32 Å². The molecule has 0 aliphatic heterocycles. The highest BCUT2D eigenvalue weighted by atomic mass is 79.9. The zero-order valence-corrected chi connectivity index (χ0v) is 11.8. The first kappa shape index (κ1) is 14.4. The van der Waals surface area contributed by atoms with E-state index in [0.29, 0.717) is 23.9 Å². The Hall–Kier alpha value is -0.620. The lowest BCUT2D eigenvalue weighted by Gasteiger charge is -2.08. The molecule has 17 heavy (non-hydrogen) atoms. The summed E-state index contributed by atoms with van der Waals surface area (Å²) in [5, 5.41) is 6.17. The topological polar surface area (TPSA) is 50.4 Å². The van der Waals surface area contributed by atoms with Crippen molar-refractivity contribution in [2.24, 2.45) is 0 Å². The van der Waals surface area contributed by atoms with Gasteiger partial charge in [0.2, 0.25) is 5.91 Å². The first-order valence-corrected chi connectivity index (χ1v) is 6.25. The van der Waals surface area contributed by atoms with Gasteiger partial charge in [-0.3, -0.25) is 4.79 Å². The molecule has 4 nitrogen and oxygen atoms in total. The number of rotatable bonds is 6. The van der Waals surface area contributed by atoms with E-state index in [-0.39, 0.29) is 12.5 Å². The van der Waals surface area contributed by atoms with Gasteiger partial charge in [0.1, 0.15) is 0 Å². The van der Waals surface area contributed by atoms with Gasteiger partial charge in [0.05, 0.1) is 23.9 Å². The highest BCUT2D eigenvalue weighted by Gasteiger charge is 2.05. The summed E-state index contributed by atoms with van der Waals surface area (Å²) >= 11 is 9.27. The maximum atomic E-state index is 11.5. The predicted molar refractivity (Wildman–Crippen MR) is 72.5 cm³/mol. The molecule has 1 amide bonds. The third-order valence-corrected chi connectivity index (χ3v) is 2.78. The highest BCUT2D eigenvalue weighted by Crippen LogP contribution is 2.25. The number of halogens is 2. The molecule has 1 aromatic carbocycles. The van der Waals surface area contributed by atoms with Gasteiger partial charge in [-0.05, 0) is 18.2 Å². The van der Waals surface area contributed by atoms with E-state index >= 15 is 0 Å². The number of methoxy groups -OCH3 is 1. The largest absolute Gasteiger partial charge is 0.383 e. The first-order valence-electron chi connectivity index (χ1n) is 5.08. The second-order valence-corrected chi connectivity index (χ2v) is 4.66. The van der Waals surface area contributed by atoms with Gasteiger partial charge < -0.3 is 15.4 Å². The molecule has 1 rings (SSSR count). The molecule has 0 spiro atoms. The summed E-state index contributed by atoms with van der Waals surface area (Å²) in [6.07, 6.45) is 0. The molecular formula is C11H14BrClN2O2. The van der Waals surface area contributed by atoms with Crippen LogP contribution in [-0.4, -0.2) is 32.7 Å². The minimum atomic E-state index is -0.134. The van der Waals surface area contributed by atoms with Crippen molar-refractivity contribution < 1.29 is 9.53 Å². The molecule has 2 N–H and O–H groups in total. The number of amides is 1. The Balaban J connectivity index is 2.40. The molecule has 0 saturated carbocycles. The second-order valence-electron chi connectivity index (χ2n) is 3.34. The van der Waals surface area contributed by atoms with Crippen molar-refractivity contribution in [3.8, 4) is 0 Å². The number of anilines is 1. The Labute approximate surface area is 114 Å². The van der Waals surface area contributed by atoms with E-state index in [9.17, 15) is 4.79 Å². The minimum Gasteiger partial charge on any atom is -0.383 e. The Morgan fingerprint density at radius 3 is 2.94 bits per heavy atom. The highest BCUT2D eigenvalue weighted by molar-refractivity contribution is 9.10. The van der Waals surface area contributed by atoms with E-state index in [0.717, 1.165) is 4.47 Å². The van der Waals surface area contributed by atoms with Crippen LogP contribution < -0.4 is 10.6 Å². The molecular weight excluding hydrogens is 307 g/mol. The summed E-state index contributed by atoms with van der Waals surface area (Å²) < 4.78 is 5.73. The van der Waals surface area contributed by atoms with Crippen LogP contribution in [0.5, 0.6) is 0 Å². The van der Waals surface area contributed by atoms with Gasteiger partial charge in [-0.2, -0.15) is 0 Å². The third-order valence-electron chi connectivity index (χ3n) is 1.97. The number of benzene rings is 1. The average Bonchev–Trinajstić information content (AvgIpc) is 2.28. The van der Waals surface area contributed by atoms with Crippen LogP contribution in [0.4, 0.5) is 5.69 Å². The standard InChI is InChI=1S/C11H14BrClN2O2/c1-17-5-4-14-7-11(16)15-10-3-2-8(12)6-9(10)13/h2-3,6,14H,4-5,7H2,1H3,(H,15,16). The number of hydrogen-bond acceptors (Lipinski definition) is 3. The fraction of sp³-hybridized carbons (Fsp3) is 0.364.